The lowest BCUT2D eigenvalue weighted by Crippen LogP contribution is -2.82. The molecule has 0 bridgehead atoms. The van der Waals surface area contributed by atoms with E-state index < -0.39 is 82.1 Å². The average Bonchev–Trinajstić information content (AvgIpc) is 3.40. The van der Waals surface area contributed by atoms with Gasteiger partial charge < -0.3 is 30.2 Å². The number of hydrogen-bond donors (Lipinski definition) is 4. The maximum Gasteiger partial charge on any atom is 0.412 e. The third-order valence-electron chi connectivity index (χ3n) is 6.43. The third kappa shape index (κ3) is 8.74. The Kier molecular flexibility index (Phi) is 12.6. The zero-order chi connectivity index (χ0) is 34.4. The molecular formula is C25H27Cl3N4O12S2. The summed E-state index contributed by atoms with van der Waals surface area (Å²) in [6, 6.07) is 2.92. The van der Waals surface area contributed by atoms with Crippen LogP contribution < -0.4 is 11.1 Å². The number of nitrogens with zero attached hydrogens (tertiary/aromatic N) is 2. The standard InChI is InChI=1S/C25H27Cl3N4O12S2/c1-42-25(20(39)31-18(19(37)38)12(9-43-22(29)40)10-45-21(25)31)32(15(33)4-2-3-5-17(35)36)16(34)8-13-6-7-14(46-13)30-23(41)44-11-24(26,27)28/h6-7,21H,2-5,8-11H2,1H3,(H2,29,40)(H,30,41)(H,35,36)(H,37,38)/t21-,25-/m0/s1. The van der Waals surface area contributed by atoms with Gasteiger partial charge in [0, 0.05) is 36.2 Å². The Balaban J connectivity index is 1.89. The molecular weight excluding hydrogens is 719 g/mol. The van der Waals surface area contributed by atoms with Crippen molar-refractivity contribution in [2.45, 2.75) is 47.0 Å². The second-order valence-electron chi connectivity index (χ2n) is 9.59. The number of primary amides is 1. The van der Waals surface area contributed by atoms with Gasteiger partial charge in [0.1, 0.15) is 24.3 Å². The van der Waals surface area contributed by atoms with Gasteiger partial charge in [-0.05, 0) is 25.0 Å². The number of ether oxygens (including phenoxy) is 3. The molecule has 0 unspecified atom stereocenters. The number of carboxylic acid groups (broad SMARTS) is 2. The van der Waals surface area contributed by atoms with E-state index >= 15 is 0 Å². The van der Waals surface area contributed by atoms with Crippen LogP contribution in [-0.4, -0.2) is 103 Å². The zero-order valence-corrected chi connectivity index (χ0v) is 27.7. The van der Waals surface area contributed by atoms with Crippen LogP contribution in [-0.2, 0) is 44.6 Å². The summed E-state index contributed by atoms with van der Waals surface area (Å²) in [5.74, 6) is -5.50. The van der Waals surface area contributed by atoms with Crippen LogP contribution in [0, 0.1) is 0 Å². The van der Waals surface area contributed by atoms with Crippen LogP contribution in [0.3, 0.4) is 0 Å². The number of methoxy groups -OCH3 is 1. The molecule has 0 aliphatic carbocycles. The first-order chi connectivity index (χ1) is 21.5. The molecule has 1 saturated heterocycles. The molecule has 5 amide bonds. The molecule has 46 heavy (non-hydrogen) atoms. The first-order valence-electron chi connectivity index (χ1n) is 13.1. The molecule has 1 aromatic heterocycles. The number of carbonyl (C=O) groups is 7. The van der Waals surface area contributed by atoms with Gasteiger partial charge in [0.05, 0.1) is 11.4 Å². The normalized spacial score (nSPS) is 19.1. The highest BCUT2D eigenvalue weighted by Crippen LogP contribution is 2.50. The van der Waals surface area contributed by atoms with E-state index in [1.54, 1.807) is 0 Å². The lowest BCUT2D eigenvalue weighted by atomic mass is 9.95. The van der Waals surface area contributed by atoms with Crippen LogP contribution in [0.5, 0.6) is 0 Å². The van der Waals surface area contributed by atoms with E-state index in [9.17, 15) is 38.7 Å². The second kappa shape index (κ2) is 15.5. The number of nitrogens with two attached hydrogens (primary N) is 1. The predicted octanol–water partition coefficient (Wildman–Crippen LogP) is 2.90. The first-order valence-corrected chi connectivity index (χ1v) is 16.1. The fourth-order valence-corrected chi connectivity index (χ4v) is 7.06. The van der Waals surface area contributed by atoms with Crippen LogP contribution in [0.2, 0.25) is 0 Å². The lowest BCUT2D eigenvalue weighted by molar-refractivity contribution is -0.223. The fraction of sp³-hybridized carbons (Fsp3) is 0.480. The Morgan fingerprint density at radius 2 is 1.78 bits per heavy atom. The minimum Gasteiger partial charge on any atom is -0.481 e. The van der Waals surface area contributed by atoms with Gasteiger partial charge in [-0.1, -0.05) is 34.8 Å². The number of halogens is 3. The molecule has 2 atom stereocenters. The predicted molar refractivity (Wildman–Crippen MR) is 164 cm³/mol. The van der Waals surface area contributed by atoms with Crippen molar-refractivity contribution in [3.05, 3.63) is 28.3 Å². The topological polar surface area (TPSA) is 232 Å². The number of imide groups is 1. The van der Waals surface area contributed by atoms with Crippen molar-refractivity contribution in [2.75, 3.05) is 31.4 Å². The van der Waals surface area contributed by atoms with E-state index in [-0.39, 0.29) is 42.0 Å². The summed E-state index contributed by atoms with van der Waals surface area (Å²) in [5, 5.41) is 20.3. The number of thioether (sulfide) groups is 1. The summed E-state index contributed by atoms with van der Waals surface area (Å²) in [5.41, 5.74) is 2.27. The Morgan fingerprint density at radius 1 is 1.11 bits per heavy atom. The second-order valence-corrected chi connectivity index (χ2v) is 14.3. The minimum atomic E-state index is -2.26. The van der Waals surface area contributed by atoms with E-state index in [2.05, 4.69) is 5.32 Å². The molecule has 2 aliphatic heterocycles. The molecule has 252 valence electrons. The van der Waals surface area contributed by atoms with Gasteiger partial charge in [-0.25, -0.2) is 19.3 Å². The van der Waals surface area contributed by atoms with Gasteiger partial charge in [-0.2, -0.15) is 0 Å². The Morgan fingerprint density at radius 3 is 2.37 bits per heavy atom. The van der Waals surface area contributed by atoms with Crippen molar-refractivity contribution < 1.29 is 58.0 Å². The van der Waals surface area contributed by atoms with E-state index in [0.717, 1.165) is 35.1 Å². The van der Waals surface area contributed by atoms with E-state index in [4.69, 9.17) is 59.9 Å². The summed E-state index contributed by atoms with van der Waals surface area (Å²) in [6.07, 6.45) is -2.97. The monoisotopic (exact) mass is 744 g/mol. The van der Waals surface area contributed by atoms with Gasteiger partial charge in [0.15, 0.2) is 0 Å². The molecule has 0 saturated carbocycles. The van der Waals surface area contributed by atoms with E-state index in [1.165, 1.54) is 12.1 Å². The summed E-state index contributed by atoms with van der Waals surface area (Å²) in [6.45, 7) is -1.05. The number of aliphatic carboxylic acids is 2. The molecule has 5 N–H and O–H groups in total. The Bertz CT molecular complexity index is 1450. The van der Waals surface area contributed by atoms with Gasteiger partial charge in [0.25, 0.3) is 11.6 Å². The van der Waals surface area contributed by atoms with Crippen molar-refractivity contribution in [2.24, 2.45) is 5.73 Å². The molecule has 16 nitrogen and oxygen atoms in total. The number of fused-ring (bicyclic) bond motifs is 1. The highest BCUT2D eigenvalue weighted by molar-refractivity contribution is 8.00. The van der Waals surface area contributed by atoms with Crippen LogP contribution in [0.15, 0.2) is 23.4 Å². The number of amides is 5. The maximum atomic E-state index is 13.8. The Hall–Kier alpha value is -3.29. The van der Waals surface area contributed by atoms with Gasteiger partial charge in [0.2, 0.25) is 15.6 Å². The molecule has 21 heteroatoms. The Labute approximate surface area is 284 Å². The number of nitrogens with one attached hydrogen (secondary N) is 1. The molecule has 3 rings (SSSR count). The highest BCUT2D eigenvalue weighted by atomic mass is 35.6. The molecule has 3 heterocycles. The highest BCUT2D eigenvalue weighted by Gasteiger charge is 2.70. The smallest absolute Gasteiger partial charge is 0.412 e. The number of β-lactam (4-membered cyclic amide) rings is 1. The SMILES string of the molecule is CO[C@@]1(N(C(=O)CCCCC(=O)O)C(=O)Cc2ccc(NC(=O)OCC(Cl)(Cl)Cl)s2)C(=O)N2C(C(=O)O)=C(COC(N)=O)CS[C@H]21. The molecule has 0 radical (unpaired) electrons. The molecule has 2 aliphatic rings. The number of hydrogen-bond acceptors (Lipinski definition) is 12. The van der Waals surface area contributed by atoms with Crippen molar-refractivity contribution in [3.63, 3.8) is 0 Å². The van der Waals surface area contributed by atoms with Gasteiger partial charge >= 0.3 is 24.1 Å². The van der Waals surface area contributed by atoms with Gasteiger partial charge in [-0.3, -0.25) is 29.4 Å². The van der Waals surface area contributed by atoms with Crippen LogP contribution >= 0.6 is 57.9 Å². The maximum absolute atomic E-state index is 13.8. The number of alkyl halides is 3. The first kappa shape index (κ1) is 37.2. The van der Waals surface area contributed by atoms with Gasteiger partial charge in [-0.15, -0.1) is 23.1 Å². The fourth-order valence-electron chi connectivity index (χ4n) is 4.55. The summed E-state index contributed by atoms with van der Waals surface area (Å²) in [7, 11) is 1.08. The summed E-state index contributed by atoms with van der Waals surface area (Å²) < 4.78 is 13.3. The molecule has 0 spiro atoms. The van der Waals surface area contributed by atoms with Crippen molar-refractivity contribution in [3.8, 4) is 0 Å². The number of thiophene rings is 1. The average molecular weight is 746 g/mol. The molecule has 1 aromatic rings. The van der Waals surface area contributed by atoms with Crippen molar-refractivity contribution in [1.82, 2.24) is 9.80 Å². The zero-order valence-electron chi connectivity index (χ0n) is 23.8. The third-order valence-corrected chi connectivity index (χ3v) is 9.12. The lowest BCUT2D eigenvalue weighted by Gasteiger charge is -2.58. The van der Waals surface area contributed by atoms with Crippen LogP contribution in [0.25, 0.3) is 0 Å². The van der Waals surface area contributed by atoms with Crippen molar-refractivity contribution >= 4 is 105 Å². The molecule has 1 fully saturated rings. The number of unbranched alkanes of at least 4 members (excludes halogenated alkanes) is 1. The number of carboxylic acids is 2. The minimum absolute atomic E-state index is 0.0504. The van der Waals surface area contributed by atoms with Crippen molar-refractivity contribution in [1.29, 1.82) is 0 Å². The summed E-state index contributed by atoms with van der Waals surface area (Å²) >= 11 is 18.6. The quantitative estimate of drug-likeness (QED) is 0.0930. The molecule has 0 aromatic carbocycles. The summed E-state index contributed by atoms with van der Waals surface area (Å²) in [4.78, 5) is 89.3. The van der Waals surface area contributed by atoms with E-state index in [0.29, 0.717) is 9.78 Å². The van der Waals surface area contributed by atoms with Crippen LogP contribution in [0.1, 0.15) is 30.6 Å². The van der Waals surface area contributed by atoms with E-state index in [1.807, 2.05) is 0 Å². The largest absolute Gasteiger partial charge is 0.481 e. The number of carbonyl (C=O) groups excluding carboxylic acids is 5. The number of rotatable bonds is 14. The number of anilines is 1. The van der Waals surface area contributed by atoms with Crippen LogP contribution in [0.4, 0.5) is 14.6 Å².